The number of pyridine rings is 1. The van der Waals surface area contributed by atoms with Crippen molar-refractivity contribution in [2.75, 3.05) is 7.11 Å². The van der Waals surface area contributed by atoms with Gasteiger partial charge in [-0.2, -0.15) is 0 Å². The average molecular weight is 236 g/mol. The van der Waals surface area contributed by atoms with E-state index in [9.17, 15) is 9.59 Å². The maximum atomic E-state index is 11.8. The Morgan fingerprint density at radius 1 is 1.41 bits per heavy atom. The van der Waals surface area contributed by atoms with Gasteiger partial charge in [-0.15, -0.1) is 0 Å². The second-order valence-electron chi connectivity index (χ2n) is 3.59. The summed E-state index contributed by atoms with van der Waals surface area (Å²) in [6.07, 6.45) is 3.96. The minimum absolute atomic E-state index is 0.184. The minimum Gasteiger partial charge on any atom is -0.469 e. The molecule has 1 heterocycles. The smallest absolute Gasteiger partial charge is 0.307 e. The van der Waals surface area contributed by atoms with Gasteiger partial charge in [0.25, 0.3) is 5.91 Å². The highest BCUT2D eigenvalue weighted by atomic mass is 16.5. The Labute approximate surface area is 100 Å². The van der Waals surface area contributed by atoms with Gasteiger partial charge in [0.1, 0.15) is 0 Å². The molecule has 5 nitrogen and oxygen atoms in total. The molecule has 1 rings (SSSR count). The van der Waals surface area contributed by atoms with Gasteiger partial charge in [0.05, 0.1) is 13.5 Å². The summed E-state index contributed by atoms with van der Waals surface area (Å²) >= 11 is 0. The van der Waals surface area contributed by atoms with Gasteiger partial charge in [0, 0.05) is 24.0 Å². The van der Waals surface area contributed by atoms with Crippen molar-refractivity contribution in [3.05, 3.63) is 30.1 Å². The second kappa shape index (κ2) is 6.62. The van der Waals surface area contributed by atoms with E-state index in [1.54, 1.807) is 24.5 Å². The van der Waals surface area contributed by atoms with Crippen LogP contribution >= 0.6 is 0 Å². The number of nitrogens with zero attached hydrogens (tertiary/aromatic N) is 1. The Bertz CT molecular complexity index is 379. The lowest BCUT2D eigenvalue weighted by Gasteiger charge is -2.15. The minimum atomic E-state index is -0.327. The lowest BCUT2D eigenvalue weighted by molar-refractivity contribution is -0.141. The summed E-state index contributed by atoms with van der Waals surface area (Å²) in [6, 6.07) is 3.04. The number of carbonyl (C=O) groups excluding carboxylic acids is 2. The zero-order chi connectivity index (χ0) is 12.7. The van der Waals surface area contributed by atoms with Gasteiger partial charge in [0.15, 0.2) is 0 Å². The Balaban J connectivity index is 2.57. The summed E-state index contributed by atoms with van der Waals surface area (Å²) in [5, 5.41) is 2.78. The maximum absolute atomic E-state index is 11.8. The third-order valence-electron chi connectivity index (χ3n) is 2.41. The van der Waals surface area contributed by atoms with Crippen LogP contribution in [0.25, 0.3) is 0 Å². The van der Waals surface area contributed by atoms with E-state index in [-0.39, 0.29) is 24.3 Å². The number of aromatic nitrogens is 1. The molecule has 0 aromatic carbocycles. The first-order chi connectivity index (χ1) is 8.17. The van der Waals surface area contributed by atoms with Crippen LogP contribution in [-0.2, 0) is 9.53 Å². The fourth-order valence-electron chi connectivity index (χ4n) is 1.35. The van der Waals surface area contributed by atoms with Crippen LogP contribution in [0.15, 0.2) is 24.5 Å². The molecule has 0 radical (unpaired) electrons. The number of carbonyl (C=O) groups is 2. The maximum Gasteiger partial charge on any atom is 0.307 e. The van der Waals surface area contributed by atoms with Crippen LogP contribution in [0.4, 0.5) is 0 Å². The van der Waals surface area contributed by atoms with Crippen LogP contribution in [0.3, 0.4) is 0 Å². The van der Waals surface area contributed by atoms with Crippen molar-refractivity contribution in [1.29, 1.82) is 0 Å². The molecule has 5 heteroatoms. The van der Waals surface area contributed by atoms with Gasteiger partial charge >= 0.3 is 5.97 Å². The predicted molar refractivity (Wildman–Crippen MR) is 62.4 cm³/mol. The molecule has 0 aliphatic carbocycles. The molecule has 1 amide bonds. The summed E-state index contributed by atoms with van der Waals surface area (Å²) in [6.45, 7) is 1.90. The van der Waals surface area contributed by atoms with Crippen LogP contribution in [-0.4, -0.2) is 30.0 Å². The number of esters is 1. The van der Waals surface area contributed by atoms with Crippen LogP contribution in [0.1, 0.15) is 30.1 Å². The first-order valence-corrected chi connectivity index (χ1v) is 5.45. The normalized spacial score (nSPS) is 11.6. The Morgan fingerprint density at radius 2 is 2.06 bits per heavy atom. The van der Waals surface area contributed by atoms with Gasteiger partial charge in [-0.3, -0.25) is 14.6 Å². The Kier molecular flexibility index (Phi) is 5.13. The van der Waals surface area contributed by atoms with Crippen molar-refractivity contribution in [3.63, 3.8) is 0 Å². The molecule has 1 aromatic heterocycles. The van der Waals surface area contributed by atoms with E-state index >= 15 is 0 Å². The van der Waals surface area contributed by atoms with Crippen LogP contribution in [0.5, 0.6) is 0 Å². The fraction of sp³-hybridized carbons (Fsp3) is 0.417. The van der Waals surface area contributed by atoms with E-state index < -0.39 is 0 Å². The molecule has 1 atom stereocenters. The Hall–Kier alpha value is -1.91. The highest BCUT2D eigenvalue weighted by Gasteiger charge is 2.15. The molecule has 1 aromatic rings. The lowest BCUT2D eigenvalue weighted by atomic mass is 10.1. The third kappa shape index (κ3) is 4.22. The molecule has 0 bridgehead atoms. The largest absolute Gasteiger partial charge is 0.469 e. The van der Waals surface area contributed by atoms with Crippen molar-refractivity contribution in [2.24, 2.45) is 0 Å². The predicted octanol–water partition coefficient (Wildman–Crippen LogP) is 1.15. The topological polar surface area (TPSA) is 68.3 Å². The molecular formula is C12H16N2O3. The number of ether oxygens (including phenoxy) is 1. The fourth-order valence-corrected chi connectivity index (χ4v) is 1.35. The van der Waals surface area contributed by atoms with Crippen LogP contribution < -0.4 is 5.32 Å². The summed E-state index contributed by atoms with van der Waals surface area (Å²) in [7, 11) is 1.33. The quantitative estimate of drug-likeness (QED) is 0.779. The number of methoxy groups -OCH3 is 1. The molecule has 0 spiro atoms. The number of nitrogens with one attached hydrogen (secondary N) is 1. The van der Waals surface area contributed by atoms with Crippen molar-refractivity contribution >= 4 is 11.9 Å². The van der Waals surface area contributed by atoms with Gasteiger partial charge in [-0.25, -0.2) is 0 Å². The van der Waals surface area contributed by atoms with E-state index in [0.717, 1.165) is 0 Å². The van der Waals surface area contributed by atoms with Crippen molar-refractivity contribution in [3.8, 4) is 0 Å². The first kappa shape index (κ1) is 13.2. The molecule has 1 N–H and O–H groups in total. The SMILES string of the molecule is CCC(CC(=O)OC)NC(=O)c1ccncc1. The average Bonchev–Trinajstić information content (AvgIpc) is 2.38. The zero-order valence-corrected chi connectivity index (χ0v) is 9.97. The summed E-state index contributed by atoms with van der Waals surface area (Å²) < 4.78 is 4.57. The van der Waals surface area contributed by atoms with Gasteiger partial charge in [-0.1, -0.05) is 6.92 Å². The van der Waals surface area contributed by atoms with Gasteiger partial charge in [-0.05, 0) is 18.6 Å². The Morgan fingerprint density at radius 3 is 2.59 bits per heavy atom. The molecule has 0 saturated carbocycles. The van der Waals surface area contributed by atoms with Crippen molar-refractivity contribution < 1.29 is 14.3 Å². The monoisotopic (exact) mass is 236 g/mol. The number of amides is 1. The highest BCUT2D eigenvalue weighted by Crippen LogP contribution is 2.02. The molecule has 92 valence electrons. The van der Waals surface area contributed by atoms with Crippen molar-refractivity contribution in [1.82, 2.24) is 10.3 Å². The zero-order valence-electron chi connectivity index (χ0n) is 9.97. The standard InChI is InChI=1S/C12H16N2O3/c1-3-10(8-11(15)17-2)14-12(16)9-4-6-13-7-5-9/h4-7,10H,3,8H2,1-2H3,(H,14,16). The summed E-state index contributed by atoms with van der Waals surface area (Å²) in [4.78, 5) is 26.7. The molecule has 0 aliphatic rings. The molecule has 0 aliphatic heterocycles. The van der Waals surface area contributed by atoms with E-state index in [1.165, 1.54) is 7.11 Å². The molecule has 0 saturated heterocycles. The number of hydrogen-bond acceptors (Lipinski definition) is 4. The lowest BCUT2D eigenvalue weighted by Crippen LogP contribution is -2.36. The van der Waals surface area contributed by atoms with E-state index in [0.29, 0.717) is 12.0 Å². The molecule has 17 heavy (non-hydrogen) atoms. The number of hydrogen-bond donors (Lipinski definition) is 1. The third-order valence-corrected chi connectivity index (χ3v) is 2.41. The van der Waals surface area contributed by atoms with E-state index in [2.05, 4.69) is 15.0 Å². The summed E-state index contributed by atoms with van der Waals surface area (Å²) in [5.74, 6) is -0.532. The number of rotatable bonds is 5. The summed E-state index contributed by atoms with van der Waals surface area (Å²) in [5.41, 5.74) is 0.531. The van der Waals surface area contributed by atoms with Crippen molar-refractivity contribution in [2.45, 2.75) is 25.8 Å². The van der Waals surface area contributed by atoms with E-state index in [4.69, 9.17) is 0 Å². The molecule has 0 fully saturated rings. The molecule has 1 unspecified atom stereocenters. The van der Waals surface area contributed by atoms with Crippen LogP contribution in [0.2, 0.25) is 0 Å². The first-order valence-electron chi connectivity index (χ1n) is 5.45. The highest BCUT2D eigenvalue weighted by molar-refractivity contribution is 5.94. The van der Waals surface area contributed by atoms with Crippen LogP contribution in [0, 0.1) is 0 Å². The van der Waals surface area contributed by atoms with Gasteiger partial charge < -0.3 is 10.1 Å². The van der Waals surface area contributed by atoms with E-state index in [1.807, 2.05) is 6.92 Å². The second-order valence-corrected chi connectivity index (χ2v) is 3.59. The van der Waals surface area contributed by atoms with Gasteiger partial charge in [0.2, 0.25) is 0 Å². The molecular weight excluding hydrogens is 220 g/mol.